The van der Waals surface area contributed by atoms with Crippen molar-refractivity contribution in [2.75, 3.05) is 23.7 Å². The largest absolute Gasteiger partial charge is 0.479 e. The number of ether oxygens (including phenoxy) is 1. The summed E-state index contributed by atoms with van der Waals surface area (Å²) in [6, 6.07) is 5.36. The number of hydrogen-bond acceptors (Lipinski definition) is 4. The number of fused-ring (bicyclic) bond motifs is 1. The number of amides is 2. The summed E-state index contributed by atoms with van der Waals surface area (Å²) in [5.41, 5.74) is 1.53. The Morgan fingerprint density at radius 2 is 2.13 bits per heavy atom. The Balaban J connectivity index is 1.45. The molecule has 2 aliphatic heterocycles. The second-order valence-electron chi connectivity index (χ2n) is 6.82. The molecule has 2 heterocycles. The Bertz CT molecular complexity index is 667. The van der Waals surface area contributed by atoms with E-state index in [9.17, 15) is 9.59 Å². The maximum atomic E-state index is 12.5. The van der Waals surface area contributed by atoms with Crippen LogP contribution in [0.15, 0.2) is 18.2 Å². The Morgan fingerprint density at radius 1 is 1.35 bits per heavy atom. The van der Waals surface area contributed by atoms with Crippen molar-refractivity contribution >= 4 is 23.2 Å². The Kier molecular flexibility index (Phi) is 3.30. The highest BCUT2D eigenvalue weighted by Crippen LogP contribution is 2.58. The van der Waals surface area contributed by atoms with Gasteiger partial charge in [-0.1, -0.05) is 0 Å². The van der Waals surface area contributed by atoms with E-state index >= 15 is 0 Å². The van der Waals surface area contributed by atoms with Crippen molar-refractivity contribution in [3.63, 3.8) is 0 Å². The minimum atomic E-state index is -0.492. The van der Waals surface area contributed by atoms with Gasteiger partial charge in [0, 0.05) is 11.6 Å². The van der Waals surface area contributed by atoms with Crippen LogP contribution in [0, 0.1) is 11.3 Å². The van der Waals surface area contributed by atoms with Crippen LogP contribution < -0.4 is 20.7 Å². The average molecular weight is 315 g/mol. The first kappa shape index (κ1) is 14.5. The molecular weight excluding hydrogens is 294 g/mol. The summed E-state index contributed by atoms with van der Waals surface area (Å²) in [5, 5.41) is 9.13. The monoisotopic (exact) mass is 315 g/mol. The Labute approximate surface area is 135 Å². The van der Waals surface area contributed by atoms with Gasteiger partial charge < -0.3 is 20.7 Å². The molecule has 2 atom stereocenters. The van der Waals surface area contributed by atoms with E-state index in [0.29, 0.717) is 17.1 Å². The van der Waals surface area contributed by atoms with E-state index in [1.165, 1.54) is 0 Å². The zero-order valence-corrected chi connectivity index (χ0v) is 13.1. The molecule has 122 valence electrons. The average Bonchev–Trinajstić information content (AvgIpc) is 3.23. The number of piperidine rings is 1. The van der Waals surface area contributed by atoms with Gasteiger partial charge in [0.1, 0.15) is 5.75 Å². The number of hydrogen-bond donors (Lipinski definition) is 3. The van der Waals surface area contributed by atoms with Crippen LogP contribution in [0.25, 0.3) is 0 Å². The molecule has 6 heteroatoms. The predicted octanol–water partition coefficient (Wildman–Crippen LogP) is 1.73. The third-order valence-corrected chi connectivity index (χ3v) is 5.28. The lowest BCUT2D eigenvalue weighted by atomic mass is 9.92. The van der Waals surface area contributed by atoms with Crippen LogP contribution in [-0.2, 0) is 9.59 Å². The van der Waals surface area contributed by atoms with Gasteiger partial charge in [-0.25, -0.2) is 0 Å². The van der Waals surface area contributed by atoms with Crippen LogP contribution in [0.2, 0.25) is 0 Å². The fourth-order valence-electron chi connectivity index (χ4n) is 3.71. The molecule has 2 fully saturated rings. The summed E-state index contributed by atoms with van der Waals surface area (Å²) in [6.45, 7) is 3.72. The number of carbonyl (C=O) groups is 2. The topological polar surface area (TPSA) is 79.5 Å². The van der Waals surface area contributed by atoms with Crippen molar-refractivity contribution in [1.82, 2.24) is 5.32 Å². The first-order valence-electron chi connectivity index (χ1n) is 8.21. The minimum absolute atomic E-state index is 0.0864. The highest BCUT2D eigenvalue weighted by Gasteiger charge is 2.57. The summed E-state index contributed by atoms with van der Waals surface area (Å²) in [7, 11) is 0. The SMILES string of the molecule is CC1Oc2ccc(NC(=O)C3CC34CCNCC4)cc2NC1=O. The predicted molar refractivity (Wildman–Crippen MR) is 86.4 cm³/mol. The molecule has 0 aromatic heterocycles. The molecule has 0 bridgehead atoms. The summed E-state index contributed by atoms with van der Waals surface area (Å²) in [5.74, 6) is 0.669. The molecule has 1 aromatic carbocycles. The first-order valence-corrected chi connectivity index (χ1v) is 8.21. The number of anilines is 2. The van der Waals surface area contributed by atoms with E-state index < -0.39 is 6.10 Å². The molecule has 0 radical (unpaired) electrons. The standard InChI is InChI=1S/C17H21N3O3/c1-10-15(21)20-13-8-11(2-3-14(13)23-10)19-16(22)12-9-17(12)4-6-18-7-5-17/h2-3,8,10,12,18H,4-7,9H2,1H3,(H,19,22)(H,20,21). The van der Waals surface area contributed by atoms with Gasteiger partial charge in [0.2, 0.25) is 5.91 Å². The van der Waals surface area contributed by atoms with Crippen LogP contribution in [0.1, 0.15) is 26.2 Å². The minimum Gasteiger partial charge on any atom is -0.479 e. The van der Waals surface area contributed by atoms with Gasteiger partial charge in [-0.3, -0.25) is 9.59 Å². The van der Waals surface area contributed by atoms with E-state index in [1.54, 1.807) is 19.1 Å². The van der Waals surface area contributed by atoms with Crippen LogP contribution in [0.4, 0.5) is 11.4 Å². The normalized spacial score (nSPS) is 27.6. The molecule has 1 spiro atoms. The molecule has 2 unspecified atom stereocenters. The van der Waals surface area contributed by atoms with Gasteiger partial charge in [0.25, 0.3) is 5.91 Å². The summed E-state index contributed by atoms with van der Waals surface area (Å²) in [4.78, 5) is 24.2. The highest BCUT2D eigenvalue weighted by atomic mass is 16.5. The molecule has 23 heavy (non-hydrogen) atoms. The van der Waals surface area contributed by atoms with Crippen molar-refractivity contribution < 1.29 is 14.3 Å². The van der Waals surface area contributed by atoms with E-state index in [2.05, 4.69) is 16.0 Å². The van der Waals surface area contributed by atoms with Crippen LogP contribution >= 0.6 is 0 Å². The lowest BCUT2D eigenvalue weighted by Crippen LogP contribution is -2.34. The van der Waals surface area contributed by atoms with E-state index in [4.69, 9.17) is 4.74 Å². The fraction of sp³-hybridized carbons (Fsp3) is 0.529. The zero-order chi connectivity index (χ0) is 16.0. The highest BCUT2D eigenvalue weighted by molar-refractivity contribution is 6.00. The van der Waals surface area contributed by atoms with Crippen LogP contribution in [-0.4, -0.2) is 31.0 Å². The molecule has 3 N–H and O–H groups in total. The lowest BCUT2D eigenvalue weighted by molar-refractivity contribution is -0.122. The number of nitrogens with one attached hydrogen (secondary N) is 3. The number of rotatable bonds is 2. The van der Waals surface area contributed by atoms with E-state index in [-0.39, 0.29) is 23.1 Å². The second-order valence-corrected chi connectivity index (χ2v) is 6.82. The third-order valence-electron chi connectivity index (χ3n) is 5.28. The third kappa shape index (κ3) is 2.57. The number of benzene rings is 1. The second kappa shape index (κ2) is 5.23. The molecule has 1 saturated heterocycles. The van der Waals surface area contributed by atoms with Gasteiger partial charge in [-0.05, 0) is 62.9 Å². The van der Waals surface area contributed by atoms with Crippen molar-refractivity contribution in [3.05, 3.63) is 18.2 Å². The molecule has 6 nitrogen and oxygen atoms in total. The zero-order valence-electron chi connectivity index (χ0n) is 13.1. The van der Waals surface area contributed by atoms with Crippen molar-refractivity contribution in [2.24, 2.45) is 11.3 Å². The van der Waals surface area contributed by atoms with Gasteiger partial charge in [0.15, 0.2) is 6.10 Å². The lowest BCUT2D eigenvalue weighted by Gasteiger charge is -2.24. The molecule has 3 aliphatic rings. The fourth-order valence-corrected chi connectivity index (χ4v) is 3.71. The Morgan fingerprint density at radius 3 is 2.91 bits per heavy atom. The molecule has 1 saturated carbocycles. The van der Waals surface area contributed by atoms with Crippen LogP contribution in [0.5, 0.6) is 5.75 Å². The molecule has 1 aromatic rings. The van der Waals surface area contributed by atoms with E-state index in [1.807, 2.05) is 6.07 Å². The summed E-state index contributed by atoms with van der Waals surface area (Å²) in [6.07, 6.45) is 2.66. The van der Waals surface area contributed by atoms with Crippen molar-refractivity contribution in [1.29, 1.82) is 0 Å². The van der Waals surface area contributed by atoms with Crippen LogP contribution in [0.3, 0.4) is 0 Å². The molecule has 1 aliphatic carbocycles. The number of carbonyl (C=O) groups excluding carboxylic acids is 2. The van der Waals surface area contributed by atoms with Gasteiger partial charge >= 0.3 is 0 Å². The van der Waals surface area contributed by atoms with Crippen molar-refractivity contribution in [2.45, 2.75) is 32.3 Å². The quantitative estimate of drug-likeness (QED) is 0.776. The molecule has 2 amide bonds. The summed E-state index contributed by atoms with van der Waals surface area (Å²) >= 11 is 0. The maximum Gasteiger partial charge on any atom is 0.265 e. The van der Waals surface area contributed by atoms with E-state index in [0.717, 1.165) is 32.4 Å². The maximum absolute atomic E-state index is 12.5. The molecule has 4 rings (SSSR count). The summed E-state index contributed by atoms with van der Waals surface area (Å²) < 4.78 is 5.52. The first-order chi connectivity index (χ1) is 11.1. The molecular formula is C17H21N3O3. The van der Waals surface area contributed by atoms with Gasteiger partial charge in [0.05, 0.1) is 5.69 Å². The van der Waals surface area contributed by atoms with Gasteiger partial charge in [-0.15, -0.1) is 0 Å². The van der Waals surface area contributed by atoms with Crippen molar-refractivity contribution in [3.8, 4) is 5.75 Å². The van der Waals surface area contributed by atoms with Gasteiger partial charge in [-0.2, -0.15) is 0 Å². The Hall–Kier alpha value is -2.08. The smallest absolute Gasteiger partial charge is 0.265 e.